The number of esters is 1. The van der Waals surface area contributed by atoms with Gasteiger partial charge in [-0.05, 0) is 43.2 Å². The zero-order valence-electron chi connectivity index (χ0n) is 16.4. The second-order valence-electron chi connectivity index (χ2n) is 5.98. The minimum Gasteiger partial charge on any atom is -0.479 e. The molecule has 0 spiro atoms. The maximum absolute atomic E-state index is 12.7. The number of Topliss-reactive ketones (excluding diaryl/α,β-unsaturated/α-hetero) is 1. The number of ether oxygens (including phenoxy) is 2. The van der Waals surface area contributed by atoms with Crippen molar-refractivity contribution in [3.05, 3.63) is 56.3 Å². The Morgan fingerprint density at radius 2 is 2.00 bits per heavy atom. The van der Waals surface area contributed by atoms with Crippen molar-refractivity contribution in [3.8, 4) is 24.0 Å². The van der Waals surface area contributed by atoms with Crippen molar-refractivity contribution in [2.45, 2.75) is 20.3 Å². The van der Waals surface area contributed by atoms with Crippen LogP contribution < -0.4 is 4.74 Å². The zero-order chi connectivity index (χ0) is 22.1. The maximum atomic E-state index is 12.7. The van der Waals surface area contributed by atoms with Crippen molar-refractivity contribution in [2.75, 3.05) is 13.2 Å². The fourth-order valence-electron chi connectivity index (χ4n) is 2.63. The topological polar surface area (TPSA) is 124 Å². The molecular weight excluding hydrogens is 402 g/mol. The van der Waals surface area contributed by atoms with Crippen LogP contribution in [-0.2, 0) is 16.0 Å². The summed E-state index contributed by atoms with van der Waals surface area (Å²) in [6, 6.07) is 12.4. The summed E-state index contributed by atoms with van der Waals surface area (Å²) >= 11 is 1.03. The minimum absolute atomic E-state index is 0.0972. The number of allylic oxidation sites excluding steroid dienone is 1. The molecule has 8 heteroatoms. The van der Waals surface area contributed by atoms with E-state index in [2.05, 4.69) is 0 Å². The molecule has 0 aliphatic rings. The molecule has 0 atom stereocenters. The summed E-state index contributed by atoms with van der Waals surface area (Å²) in [5.74, 6) is -0.579. The Morgan fingerprint density at radius 1 is 1.23 bits per heavy atom. The van der Waals surface area contributed by atoms with E-state index < -0.39 is 11.8 Å². The summed E-state index contributed by atoms with van der Waals surface area (Å²) in [5, 5.41) is 27.5. The van der Waals surface area contributed by atoms with Gasteiger partial charge in [0.15, 0.2) is 12.4 Å². The third-order valence-electron chi connectivity index (χ3n) is 4.01. The van der Waals surface area contributed by atoms with E-state index >= 15 is 0 Å². The Labute approximate surface area is 178 Å². The number of rotatable bonds is 8. The van der Waals surface area contributed by atoms with Crippen LogP contribution in [0.1, 0.15) is 38.2 Å². The van der Waals surface area contributed by atoms with Gasteiger partial charge in [0.1, 0.15) is 28.8 Å². The van der Waals surface area contributed by atoms with Gasteiger partial charge in [0, 0.05) is 11.3 Å². The molecule has 0 amide bonds. The monoisotopic (exact) mass is 419 g/mol. The van der Waals surface area contributed by atoms with Gasteiger partial charge in [-0.25, -0.2) is 4.79 Å². The maximum Gasteiger partial charge on any atom is 0.348 e. The second kappa shape index (κ2) is 10.6. The van der Waals surface area contributed by atoms with E-state index in [1.807, 2.05) is 18.2 Å². The van der Waals surface area contributed by atoms with E-state index in [-0.39, 0.29) is 35.6 Å². The smallest absolute Gasteiger partial charge is 0.348 e. The van der Waals surface area contributed by atoms with Crippen LogP contribution in [0.25, 0.3) is 6.08 Å². The molecular formula is C22H17N3O4S. The highest BCUT2D eigenvalue weighted by molar-refractivity contribution is 7.14. The molecule has 0 saturated carbocycles. The average molecular weight is 419 g/mol. The molecule has 2 rings (SSSR count). The summed E-state index contributed by atoms with van der Waals surface area (Å²) in [5.41, 5.74) is 1.18. The lowest BCUT2D eigenvalue weighted by molar-refractivity contribution is -0.114. The molecule has 0 saturated heterocycles. The summed E-state index contributed by atoms with van der Waals surface area (Å²) in [4.78, 5) is 25.5. The van der Waals surface area contributed by atoms with Crippen molar-refractivity contribution in [1.82, 2.24) is 0 Å². The fourth-order valence-corrected chi connectivity index (χ4v) is 3.78. The molecule has 0 aliphatic heterocycles. The first-order chi connectivity index (χ1) is 14.4. The Balaban J connectivity index is 2.30. The molecule has 1 aromatic heterocycles. The number of ketones is 1. The third kappa shape index (κ3) is 5.32. The Morgan fingerprint density at radius 3 is 2.63 bits per heavy atom. The van der Waals surface area contributed by atoms with Gasteiger partial charge < -0.3 is 9.47 Å². The number of nitrogens with zero attached hydrogens (tertiary/aromatic N) is 3. The molecule has 0 radical (unpaired) electrons. The minimum atomic E-state index is -0.541. The number of carbonyl (C=O) groups excluding carboxylic acids is 2. The number of hydrogen-bond acceptors (Lipinski definition) is 8. The Bertz CT molecular complexity index is 1130. The van der Waals surface area contributed by atoms with Crippen molar-refractivity contribution in [1.29, 1.82) is 15.8 Å². The lowest BCUT2D eigenvalue weighted by Crippen LogP contribution is -2.05. The van der Waals surface area contributed by atoms with Gasteiger partial charge >= 0.3 is 5.97 Å². The first kappa shape index (κ1) is 22.4. The largest absolute Gasteiger partial charge is 0.479 e. The summed E-state index contributed by atoms with van der Waals surface area (Å²) in [7, 11) is 0. The molecule has 30 heavy (non-hydrogen) atoms. The molecule has 0 aliphatic carbocycles. The second-order valence-corrected chi connectivity index (χ2v) is 7.08. The van der Waals surface area contributed by atoms with E-state index in [4.69, 9.17) is 14.7 Å². The van der Waals surface area contributed by atoms with E-state index in [9.17, 15) is 20.1 Å². The normalized spacial score (nSPS) is 10.4. The van der Waals surface area contributed by atoms with Gasteiger partial charge in [0.25, 0.3) is 0 Å². The number of nitriles is 3. The van der Waals surface area contributed by atoms with Crippen molar-refractivity contribution in [3.63, 3.8) is 0 Å². The fraction of sp³-hybridized carbons (Fsp3) is 0.227. The van der Waals surface area contributed by atoms with Gasteiger partial charge in [-0.3, -0.25) is 4.79 Å². The van der Waals surface area contributed by atoms with Crippen LogP contribution in [0.2, 0.25) is 0 Å². The van der Waals surface area contributed by atoms with Crippen LogP contribution in [-0.4, -0.2) is 25.0 Å². The van der Waals surface area contributed by atoms with E-state index in [0.717, 1.165) is 11.3 Å². The van der Waals surface area contributed by atoms with Crippen molar-refractivity contribution in [2.24, 2.45) is 0 Å². The molecule has 7 nitrogen and oxygen atoms in total. The highest BCUT2D eigenvalue weighted by Crippen LogP contribution is 2.29. The van der Waals surface area contributed by atoms with Gasteiger partial charge in [-0.15, -0.1) is 11.3 Å². The quantitative estimate of drug-likeness (QED) is 0.363. The predicted molar refractivity (Wildman–Crippen MR) is 110 cm³/mol. The van der Waals surface area contributed by atoms with Crippen LogP contribution in [0.15, 0.2) is 29.8 Å². The highest BCUT2D eigenvalue weighted by atomic mass is 32.1. The van der Waals surface area contributed by atoms with E-state index in [1.54, 1.807) is 38.1 Å². The predicted octanol–water partition coefficient (Wildman–Crippen LogP) is 3.73. The summed E-state index contributed by atoms with van der Waals surface area (Å²) in [6.07, 6.45) is 1.23. The van der Waals surface area contributed by atoms with Gasteiger partial charge in [-0.1, -0.05) is 12.1 Å². The van der Waals surface area contributed by atoms with Crippen LogP contribution in [0, 0.1) is 40.9 Å². The SMILES string of the molecule is CCOC(=O)c1sc(CC(=O)/C(C#N)=C/c2cccc(OCC#N)c2)c(C#N)c1C. The molecule has 1 heterocycles. The molecule has 1 aromatic carbocycles. The van der Waals surface area contributed by atoms with Crippen LogP contribution in [0.5, 0.6) is 5.75 Å². The number of thiophene rings is 1. The molecule has 0 bridgehead atoms. The molecule has 0 N–H and O–H groups in total. The molecule has 2 aromatic rings. The van der Waals surface area contributed by atoms with Crippen LogP contribution in [0.3, 0.4) is 0 Å². The lowest BCUT2D eigenvalue weighted by Gasteiger charge is -2.03. The van der Waals surface area contributed by atoms with Gasteiger partial charge in [-0.2, -0.15) is 15.8 Å². The Hall–Kier alpha value is -3.93. The average Bonchev–Trinajstić information content (AvgIpc) is 3.05. The van der Waals surface area contributed by atoms with Gasteiger partial charge in [0.2, 0.25) is 0 Å². The number of hydrogen-bond donors (Lipinski definition) is 0. The first-order valence-electron chi connectivity index (χ1n) is 8.89. The number of benzene rings is 1. The third-order valence-corrected chi connectivity index (χ3v) is 5.28. The van der Waals surface area contributed by atoms with Gasteiger partial charge in [0.05, 0.1) is 17.7 Å². The Kier molecular flexibility index (Phi) is 7.88. The molecule has 0 fully saturated rings. The molecule has 150 valence electrons. The van der Waals surface area contributed by atoms with Crippen LogP contribution in [0.4, 0.5) is 0 Å². The van der Waals surface area contributed by atoms with Crippen LogP contribution >= 0.6 is 11.3 Å². The van der Waals surface area contributed by atoms with E-state index in [0.29, 0.717) is 21.8 Å². The highest BCUT2D eigenvalue weighted by Gasteiger charge is 2.23. The molecule has 0 unspecified atom stereocenters. The summed E-state index contributed by atoms with van der Waals surface area (Å²) < 4.78 is 10.2. The summed E-state index contributed by atoms with van der Waals surface area (Å²) in [6.45, 7) is 3.39. The van der Waals surface area contributed by atoms with Crippen molar-refractivity contribution < 1.29 is 19.1 Å². The van der Waals surface area contributed by atoms with Crippen molar-refractivity contribution >= 4 is 29.2 Å². The number of carbonyl (C=O) groups is 2. The van der Waals surface area contributed by atoms with E-state index in [1.165, 1.54) is 6.08 Å². The first-order valence-corrected chi connectivity index (χ1v) is 9.71. The lowest BCUT2D eigenvalue weighted by atomic mass is 10.0. The zero-order valence-corrected chi connectivity index (χ0v) is 17.2. The standard InChI is InChI=1S/C22H17N3O4S/c1-3-28-22(27)21-14(2)18(13-25)20(30-21)11-19(26)16(12-24)9-15-5-4-6-17(10-15)29-8-7-23/h4-6,9-10H,3,8,11H2,1-2H3/b16-9+.